The van der Waals surface area contributed by atoms with Crippen LogP contribution in [0.25, 0.3) is 0 Å². The predicted molar refractivity (Wildman–Crippen MR) is 48.7 cm³/mol. The molecule has 2 amide bonds. The van der Waals surface area contributed by atoms with Crippen LogP contribution in [0.15, 0.2) is 11.3 Å². The molecule has 2 rings (SSSR count). The first kappa shape index (κ1) is 9.31. The number of aliphatic imine (C=N–C) groups is 1. The standard InChI is InChI=1S/C7H8N6O2/c14-5-6(15)12-7(11-5)8-2-1-4-9-3-10-13-4/h3H,1-2H2,(H,9,10,13)(H2,8,11,12,14,15). The SMILES string of the molecule is O=C1NC(=NCCc2ncn[nH]2)NC1=O. The van der Waals surface area contributed by atoms with Crippen molar-refractivity contribution >= 4 is 17.8 Å². The third-order valence-electron chi connectivity index (χ3n) is 1.75. The van der Waals surface area contributed by atoms with Crippen LogP contribution in [0.2, 0.25) is 0 Å². The van der Waals surface area contributed by atoms with Crippen LogP contribution in [0.3, 0.4) is 0 Å². The van der Waals surface area contributed by atoms with Gasteiger partial charge in [0.15, 0.2) is 0 Å². The van der Waals surface area contributed by atoms with E-state index in [0.29, 0.717) is 18.8 Å². The lowest BCUT2D eigenvalue weighted by molar-refractivity contribution is -0.135. The second-order valence-electron chi connectivity index (χ2n) is 2.82. The monoisotopic (exact) mass is 208 g/mol. The molecule has 8 nitrogen and oxygen atoms in total. The van der Waals surface area contributed by atoms with Crippen LogP contribution in [-0.2, 0) is 16.0 Å². The smallest absolute Gasteiger partial charge is 0.288 e. The highest BCUT2D eigenvalue weighted by atomic mass is 16.2. The van der Waals surface area contributed by atoms with Crippen LogP contribution < -0.4 is 10.6 Å². The Bertz CT molecular complexity index is 391. The molecule has 0 bridgehead atoms. The van der Waals surface area contributed by atoms with Crippen LogP contribution in [-0.4, -0.2) is 39.5 Å². The lowest BCUT2D eigenvalue weighted by atomic mass is 10.4. The largest absolute Gasteiger partial charge is 0.316 e. The van der Waals surface area contributed by atoms with Gasteiger partial charge >= 0.3 is 11.8 Å². The molecule has 0 saturated carbocycles. The lowest BCUT2D eigenvalue weighted by Gasteiger charge is -1.95. The van der Waals surface area contributed by atoms with Gasteiger partial charge in [-0.05, 0) is 0 Å². The number of aromatic amines is 1. The van der Waals surface area contributed by atoms with E-state index in [1.54, 1.807) is 0 Å². The summed E-state index contributed by atoms with van der Waals surface area (Å²) in [6.07, 6.45) is 1.97. The number of nitrogens with one attached hydrogen (secondary N) is 3. The van der Waals surface area contributed by atoms with Crippen LogP contribution >= 0.6 is 0 Å². The number of carbonyl (C=O) groups is 2. The van der Waals surface area contributed by atoms with E-state index in [-0.39, 0.29) is 5.96 Å². The number of guanidine groups is 1. The second kappa shape index (κ2) is 3.86. The Balaban J connectivity index is 1.85. The molecule has 1 aliphatic heterocycles. The Labute approximate surface area is 84.2 Å². The first-order valence-electron chi connectivity index (χ1n) is 4.27. The van der Waals surface area contributed by atoms with Crippen molar-refractivity contribution < 1.29 is 9.59 Å². The van der Waals surface area contributed by atoms with Crippen LogP contribution in [0.4, 0.5) is 0 Å². The van der Waals surface area contributed by atoms with Gasteiger partial charge in [0.25, 0.3) is 0 Å². The first-order chi connectivity index (χ1) is 7.25. The molecule has 1 aromatic rings. The maximum atomic E-state index is 10.7. The van der Waals surface area contributed by atoms with Gasteiger partial charge in [-0.1, -0.05) is 0 Å². The minimum atomic E-state index is -0.687. The molecule has 0 radical (unpaired) electrons. The van der Waals surface area contributed by atoms with E-state index in [4.69, 9.17) is 0 Å². The molecular weight excluding hydrogens is 200 g/mol. The van der Waals surface area contributed by atoms with Crippen molar-refractivity contribution in [1.29, 1.82) is 0 Å². The minimum Gasteiger partial charge on any atom is -0.288 e. The third-order valence-corrected chi connectivity index (χ3v) is 1.75. The summed E-state index contributed by atoms with van der Waals surface area (Å²) in [6, 6.07) is 0. The number of nitrogens with zero attached hydrogens (tertiary/aromatic N) is 3. The quantitative estimate of drug-likeness (QED) is 0.496. The molecular formula is C7H8N6O2. The molecule has 1 aliphatic rings. The van der Waals surface area contributed by atoms with Gasteiger partial charge in [0, 0.05) is 13.0 Å². The predicted octanol–water partition coefficient (Wildman–Crippen LogP) is -2.05. The number of hydrogen-bond donors (Lipinski definition) is 3. The summed E-state index contributed by atoms with van der Waals surface area (Å²) in [5.41, 5.74) is 0. The maximum Gasteiger partial charge on any atom is 0.316 e. The van der Waals surface area contributed by atoms with E-state index >= 15 is 0 Å². The molecule has 2 heterocycles. The van der Waals surface area contributed by atoms with E-state index in [1.807, 2.05) is 0 Å². The highest BCUT2D eigenvalue weighted by Crippen LogP contribution is 1.89. The summed E-state index contributed by atoms with van der Waals surface area (Å²) < 4.78 is 0. The van der Waals surface area contributed by atoms with E-state index in [9.17, 15) is 9.59 Å². The summed E-state index contributed by atoms with van der Waals surface area (Å²) in [5, 5.41) is 10.9. The van der Waals surface area contributed by atoms with Crippen molar-refractivity contribution in [3.05, 3.63) is 12.2 Å². The number of aromatic nitrogens is 3. The van der Waals surface area contributed by atoms with Gasteiger partial charge in [-0.3, -0.25) is 30.3 Å². The Hall–Kier alpha value is -2.25. The minimum absolute atomic E-state index is 0.185. The zero-order valence-electron chi connectivity index (χ0n) is 7.65. The molecule has 1 fully saturated rings. The summed E-state index contributed by atoms with van der Waals surface area (Å²) in [5.74, 6) is -0.485. The zero-order chi connectivity index (χ0) is 10.7. The second-order valence-corrected chi connectivity index (χ2v) is 2.82. The average molecular weight is 208 g/mol. The van der Waals surface area contributed by atoms with Crippen LogP contribution in [0, 0.1) is 0 Å². The molecule has 3 N–H and O–H groups in total. The molecule has 0 atom stereocenters. The van der Waals surface area contributed by atoms with Gasteiger partial charge in [0.05, 0.1) is 0 Å². The molecule has 8 heteroatoms. The van der Waals surface area contributed by atoms with Crippen molar-refractivity contribution in [3.63, 3.8) is 0 Å². The highest BCUT2D eigenvalue weighted by Gasteiger charge is 2.24. The maximum absolute atomic E-state index is 10.7. The van der Waals surface area contributed by atoms with Gasteiger partial charge in [-0.2, -0.15) is 5.10 Å². The summed E-state index contributed by atoms with van der Waals surface area (Å²) in [6.45, 7) is 0.408. The number of rotatable bonds is 3. The van der Waals surface area contributed by atoms with Crippen LogP contribution in [0.1, 0.15) is 5.82 Å². The first-order valence-corrected chi connectivity index (χ1v) is 4.27. The molecule has 0 unspecified atom stereocenters. The van der Waals surface area contributed by atoms with E-state index < -0.39 is 11.8 Å². The molecule has 0 spiro atoms. The lowest BCUT2D eigenvalue weighted by Crippen LogP contribution is -2.26. The number of hydrogen-bond acceptors (Lipinski definition) is 5. The Morgan fingerprint density at radius 2 is 2.00 bits per heavy atom. The summed E-state index contributed by atoms with van der Waals surface area (Å²) in [4.78, 5) is 29.4. The Morgan fingerprint density at radius 3 is 2.60 bits per heavy atom. The third kappa shape index (κ3) is 2.16. The van der Waals surface area contributed by atoms with Gasteiger partial charge in [0.2, 0.25) is 5.96 Å². The van der Waals surface area contributed by atoms with Crippen molar-refractivity contribution in [2.45, 2.75) is 6.42 Å². The molecule has 15 heavy (non-hydrogen) atoms. The average Bonchev–Trinajstić information content (AvgIpc) is 2.79. The fourth-order valence-corrected chi connectivity index (χ4v) is 1.06. The molecule has 0 aliphatic carbocycles. The summed E-state index contributed by atoms with van der Waals surface area (Å²) in [7, 11) is 0. The van der Waals surface area contributed by atoms with Crippen molar-refractivity contribution in [2.24, 2.45) is 4.99 Å². The summed E-state index contributed by atoms with van der Waals surface area (Å²) >= 11 is 0. The number of carbonyl (C=O) groups excluding carboxylic acids is 2. The van der Waals surface area contributed by atoms with Gasteiger partial charge in [-0.15, -0.1) is 0 Å². The zero-order valence-corrected chi connectivity index (χ0v) is 7.65. The van der Waals surface area contributed by atoms with Gasteiger partial charge < -0.3 is 0 Å². The topological polar surface area (TPSA) is 112 Å². The molecule has 1 saturated heterocycles. The van der Waals surface area contributed by atoms with Crippen molar-refractivity contribution in [1.82, 2.24) is 25.8 Å². The fourth-order valence-electron chi connectivity index (χ4n) is 1.06. The van der Waals surface area contributed by atoms with Crippen LogP contribution in [0.5, 0.6) is 0 Å². The normalized spacial score (nSPS) is 15.1. The Kier molecular flexibility index (Phi) is 2.40. The van der Waals surface area contributed by atoms with Crippen molar-refractivity contribution in [2.75, 3.05) is 6.54 Å². The van der Waals surface area contributed by atoms with Gasteiger partial charge in [0.1, 0.15) is 12.2 Å². The Morgan fingerprint density at radius 1 is 1.27 bits per heavy atom. The van der Waals surface area contributed by atoms with E-state index in [1.165, 1.54) is 6.33 Å². The van der Waals surface area contributed by atoms with E-state index in [0.717, 1.165) is 0 Å². The molecule has 78 valence electrons. The molecule has 1 aromatic heterocycles. The molecule has 0 aromatic carbocycles. The number of H-pyrrole nitrogens is 1. The fraction of sp³-hybridized carbons (Fsp3) is 0.286. The van der Waals surface area contributed by atoms with E-state index in [2.05, 4.69) is 30.8 Å². The highest BCUT2D eigenvalue weighted by molar-refractivity contribution is 6.45. The van der Waals surface area contributed by atoms with Crippen molar-refractivity contribution in [3.8, 4) is 0 Å². The van der Waals surface area contributed by atoms with Gasteiger partial charge in [-0.25, -0.2) is 4.98 Å². The number of amides is 2.